The van der Waals surface area contributed by atoms with Crippen molar-refractivity contribution in [1.29, 1.82) is 0 Å². The first-order chi connectivity index (χ1) is 15.5. The van der Waals surface area contributed by atoms with Gasteiger partial charge in [-0.05, 0) is 55.1 Å². The monoisotopic (exact) mass is 518 g/mol. The van der Waals surface area contributed by atoms with E-state index in [1.54, 1.807) is 37.1 Å². The van der Waals surface area contributed by atoms with E-state index in [9.17, 15) is 9.59 Å². The minimum Gasteiger partial charge on any atom is -0.481 e. The molecule has 7 nitrogen and oxygen atoms in total. The molecule has 9 heteroatoms. The lowest BCUT2D eigenvalue weighted by Gasteiger charge is -2.14. The van der Waals surface area contributed by atoms with E-state index in [-0.39, 0.29) is 19.1 Å². The average molecular weight is 519 g/mol. The number of carbonyl (C=O) groups is 2. The van der Waals surface area contributed by atoms with Gasteiger partial charge in [-0.3, -0.25) is 9.69 Å². The number of aliphatic imine (C=N–C) groups is 1. The molecule has 3 rings (SSSR count). The molecule has 1 amide bonds. The Kier molecular flexibility index (Phi) is 8.90. The second-order valence-electron chi connectivity index (χ2n) is 6.57. The number of hydrogen-bond acceptors (Lipinski definition) is 7. The molecule has 0 atom stereocenters. The first-order valence-corrected chi connectivity index (χ1v) is 11.5. The standard InChI is InChI=1S/C23H23BrN2O5S/c1-3-30-21(27)15-31-19-10-9-17(24)13-16(19)14-20-22(28)26(11-12-29-2)23(32-20)25-18-7-5-4-6-8-18/h4-10,13-14H,3,11-12,15H2,1-2H3/b20-14-,25-23?. The topological polar surface area (TPSA) is 77.4 Å². The number of halogens is 1. The molecule has 0 aliphatic carbocycles. The van der Waals surface area contributed by atoms with Crippen molar-refractivity contribution in [3.63, 3.8) is 0 Å². The molecule has 0 spiro atoms. The Hall–Kier alpha value is -2.62. The fourth-order valence-electron chi connectivity index (χ4n) is 2.83. The van der Waals surface area contributed by atoms with Crippen LogP contribution in [0, 0.1) is 0 Å². The van der Waals surface area contributed by atoms with E-state index in [1.165, 1.54) is 11.8 Å². The van der Waals surface area contributed by atoms with E-state index in [4.69, 9.17) is 14.2 Å². The molecule has 32 heavy (non-hydrogen) atoms. The molecule has 1 heterocycles. The van der Waals surface area contributed by atoms with Crippen LogP contribution in [0.15, 0.2) is 62.9 Å². The molecule has 0 unspecified atom stereocenters. The predicted molar refractivity (Wildman–Crippen MR) is 129 cm³/mol. The maximum atomic E-state index is 13.1. The molecule has 2 aromatic rings. The van der Waals surface area contributed by atoms with Crippen molar-refractivity contribution in [2.24, 2.45) is 4.99 Å². The van der Waals surface area contributed by atoms with E-state index < -0.39 is 5.97 Å². The molecule has 1 fully saturated rings. The highest BCUT2D eigenvalue weighted by Gasteiger charge is 2.33. The van der Waals surface area contributed by atoms with Crippen LogP contribution in [0.1, 0.15) is 12.5 Å². The fourth-order valence-corrected chi connectivity index (χ4v) is 4.22. The van der Waals surface area contributed by atoms with Crippen molar-refractivity contribution < 1.29 is 23.8 Å². The first kappa shape index (κ1) is 24.0. The van der Waals surface area contributed by atoms with Crippen molar-refractivity contribution in [2.45, 2.75) is 6.92 Å². The zero-order valence-electron chi connectivity index (χ0n) is 17.7. The fraction of sp³-hybridized carbons (Fsp3) is 0.261. The van der Waals surface area contributed by atoms with E-state index in [0.717, 1.165) is 10.2 Å². The predicted octanol–water partition coefficient (Wildman–Crippen LogP) is 4.64. The summed E-state index contributed by atoms with van der Waals surface area (Å²) in [5, 5.41) is 0.577. The third-order valence-electron chi connectivity index (χ3n) is 4.30. The third-order valence-corrected chi connectivity index (χ3v) is 5.80. The van der Waals surface area contributed by atoms with Gasteiger partial charge in [0.05, 0.1) is 30.4 Å². The van der Waals surface area contributed by atoms with Crippen LogP contribution < -0.4 is 4.74 Å². The minimum atomic E-state index is -0.455. The quantitative estimate of drug-likeness (QED) is 0.355. The van der Waals surface area contributed by atoms with Crippen LogP contribution in [0.2, 0.25) is 0 Å². The van der Waals surface area contributed by atoms with E-state index >= 15 is 0 Å². The maximum Gasteiger partial charge on any atom is 0.344 e. The zero-order chi connectivity index (χ0) is 22.9. The van der Waals surface area contributed by atoms with Crippen molar-refractivity contribution in [2.75, 3.05) is 33.5 Å². The van der Waals surface area contributed by atoms with Gasteiger partial charge < -0.3 is 14.2 Å². The van der Waals surface area contributed by atoms with Gasteiger partial charge in [-0.25, -0.2) is 9.79 Å². The molecule has 0 saturated carbocycles. The number of benzene rings is 2. The van der Waals surface area contributed by atoms with Crippen LogP contribution in [0.3, 0.4) is 0 Å². The van der Waals surface area contributed by atoms with Crippen LogP contribution >= 0.6 is 27.7 Å². The number of ether oxygens (including phenoxy) is 3. The van der Waals surface area contributed by atoms with E-state index in [0.29, 0.717) is 34.5 Å². The summed E-state index contributed by atoms with van der Waals surface area (Å²) in [6.07, 6.45) is 1.74. The lowest BCUT2D eigenvalue weighted by Crippen LogP contribution is -2.32. The minimum absolute atomic E-state index is 0.168. The molecule has 1 saturated heterocycles. The Morgan fingerprint density at radius 1 is 1.22 bits per heavy atom. The van der Waals surface area contributed by atoms with Crippen molar-refractivity contribution in [3.05, 3.63) is 63.5 Å². The van der Waals surface area contributed by atoms with Gasteiger partial charge in [0.2, 0.25) is 0 Å². The van der Waals surface area contributed by atoms with Crippen molar-refractivity contribution in [3.8, 4) is 5.75 Å². The Bertz CT molecular complexity index is 1030. The lowest BCUT2D eigenvalue weighted by atomic mass is 10.2. The number of carbonyl (C=O) groups excluding carboxylic acids is 2. The molecular weight excluding hydrogens is 496 g/mol. The SMILES string of the molecule is CCOC(=O)COc1ccc(Br)cc1/C=C1\SC(=Nc2ccccc2)N(CCOC)C1=O. The van der Waals surface area contributed by atoms with Gasteiger partial charge in [-0.15, -0.1) is 0 Å². The molecule has 0 bridgehead atoms. The number of thioether (sulfide) groups is 1. The van der Waals surface area contributed by atoms with Crippen LogP contribution in [0.4, 0.5) is 5.69 Å². The van der Waals surface area contributed by atoms with Gasteiger partial charge in [-0.2, -0.15) is 0 Å². The highest BCUT2D eigenvalue weighted by atomic mass is 79.9. The smallest absolute Gasteiger partial charge is 0.344 e. The van der Waals surface area contributed by atoms with Gasteiger partial charge in [0.25, 0.3) is 5.91 Å². The summed E-state index contributed by atoms with van der Waals surface area (Å²) in [5.41, 5.74) is 1.42. The zero-order valence-corrected chi connectivity index (χ0v) is 20.1. The summed E-state index contributed by atoms with van der Waals surface area (Å²) in [4.78, 5) is 31.6. The second-order valence-corrected chi connectivity index (χ2v) is 8.49. The highest BCUT2D eigenvalue weighted by Crippen LogP contribution is 2.36. The Balaban J connectivity index is 1.90. The van der Waals surface area contributed by atoms with Crippen molar-refractivity contribution in [1.82, 2.24) is 4.90 Å². The molecule has 168 valence electrons. The first-order valence-electron chi connectivity index (χ1n) is 9.94. The number of esters is 1. The summed E-state index contributed by atoms with van der Waals surface area (Å²) in [7, 11) is 1.59. The van der Waals surface area contributed by atoms with Gasteiger partial charge in [-0.1, -0.05) is 34.1 Å². The molecule has 0 radical (unpaired) electrons. The Morgan fingerprint density at radius 2 is 2.00 bits per heavy atom. The number of methoxy groups -OCH3 is 1. The maximum absolute atomic E-state index is 13.1. The van der Waals surface area contributed by atoms with Crippen LogP contribution in [0.5, 0.6) is 5.75 Å². The molecule has 1 aliphatic heterocycles. The van der Waals surface area contributed by atoms with Crippen LogP contribution in [0.25, 0.3) is 6.08 Å². The molecular formula is C23H23BrN2O5S. The van der Waals surface area contributed by atoms with E-state index in [1.807, 2.05) is 36.4 Å². The number of para-hydroxylation sites is 1. The number of nitrogens with zero attached hydrogens (tertiary/aromatic N) is 2. The molecule has 0 aromatic heterocycles. The summed E-state index contributed by atoms with van der Waals surface area (Å²) in [6.45, 7) is 2.58. The number of amides is 1. The van der Waals surface area contributed by atoms with Crippen molar-refractivity contribution >= 4 is 56.5 Å². The molecule has 0 N–H and O–H groups in total. The summed E-state index contributed by atoms with van der Waals surface area (Å²) in [6, 6.07) is 14.8. The van der Waals surface area contributed by atoms with E-state index in [2.05, 4.69) is 20.9 Å². The van der Waals surface area contributed by atoms with Crippen LogP contribution in [-0.2, 0) is 19.1 Å². The number of rotatable bonds is 9. The van der Waals surface area contributed by atoms with Gasteiger partial charge in [0.1, 0.15) is 5.75 Å². The lowest BCUT2D eigenvalue weighted by molar-refractivity contribution is -0.145. The van der Waals surface area contributed by atoms with Gasteiger partial charge in [0, 0.05) is 17.1 Å². The highest BCUT2D eigenvalue weighted by molar-refractivity contribution is 9.10. The van der Waals surface area contributed by atoms with Gasteiger partial charge >= 0.3 is 5.97 Å². The Labute approximate surface area is 199 Å². The normalized spacial score (nSPS) is 16.1. The molecule has 2 aromatic carbocycles. The summed E-state index contributed by atoms with van der Waals surface area (Å²) >= 11 is 4.73. The largest absolute Gasteiger partial charge is 0.481 e. The molecule has 1 aliphatic rings. The second kappa shape index (κ2) is 11.8. The van der Waals surface area contributed by atoms with Gasteiger partial charge in [0.15, 0.2) is 11.8 Å². The summed E-state index contributed by atoms with van der Waals surface area (Å²) in [5.74, 6) is -0.152. The van der Waals surface area contributed by atoms with Crippen LogP contribution in [-0.4, -0.2) is 55.4 Å². The summed E-state index contributed by atoms with van der Waals surface area (Å²) < 4.78 is 16.5. The Morgan fingerprint density at radius 3 is 2.72 bits per heavy atom. The third kappa shape index (κ3) is 6.44. The number of hydrogen-bond donors (Lipinski definition) is 0. The number of amidine groups is 1. The average Bonchev–Trinajstić information content (AvgIpc) is 3.06.